The van der Waals surface area contributed by atoms with Crippen LogP contribution in [-0.2, 0) is 9.84 Å². The zero-order chi connectivity index (χ0) is 14.0. The summed E-state index contributed by atoms with van der Waals surface area (Å²) in [4.78, 5) is 0.364. The summed E-state index contributed by atoms with van der Waals surface area (Å²) < 4.78 is 23.3. The minimum atomic E-state index is -3.17. The second-order valence-corrected chi connectivity index (χ2v) is 7.06. The monoisotopic (exact) mass is 274 g/mol. The normalized spacial score (nSPS) is 11.8. The lowest BCUT2D eigenvalue weighted by atomic mass is 9.93. The lowest BCUT2D eigenvalue weighted by Gasteiger charge is -2.13. The predicted octanol–water partition coefficient (Wildman–Crippen LogP) is 3.88. The van der Waals surface area contributed by atoms with Crippen LogP contribution in [-0.4, -0.2) is 14.7 Å². The lowest BCUT2D eigenvalue weighted by molar-refractivity contribution is 0.602. The molecule has 0 aromatic heterocycles. The van der Waals surface area contributed by atoms with Crippen LogP contribution in [0, 0.1) is 0 Å². The van der Waals surface area contributed by atoms with Crippen molar-refractivity contribution in [1.29, 1.82) is 0 Å². The number of sulfone groups is 1. The summed E-state index contributed by atoms with van der Waals surface area (Å²) >= 11 is 0. The predicted molar refractivity (Wildman–Crippen MR) is 79.1 cm³/mol. The molecule has 0 heterocycles. The summed E-state index contributed by atoms with van der Waals surface area (Å²) in [6, 6.07) is 15.3. The van der Waals surface area contributed by atoms with Gasteiger partial charge in [-0.25, -0.2) is 8.42 Å². The number of benzene rings is 2. The Morgan fingerprint density at radius 2 is 1.63 bits per heavy atom. The highest BCUT2D eigenvalue weighted by Gasteiger charge is 2.11. The zero-order valence-corrected chi connectivity index (χ0v) is 12.2. The first-order valence-electron chi connectivity index (χ1n) is 6.29. The van der Waals surface area contributed by atoms with Crippen molar-refractivity contribution < 1.29 is 8.42 Å². The molecule has 100 valence electrons. The molecule has 2 rings (SSSR count). The molecular formula is C16H18O2S. The van der Waals surface area contributed by atoms with Gasteiger partial charge in [0.05, 0.1) is 4.90 Å². The third-order valence-corrected chi connectivity index (χ3v) is 4.27. The van der Waals surface area contributed by atoms with E-state index in [0.717, 1.165) is 11.1 Å². The Hall–Kier alpha value is -1.61. The van der Waals surface area contributed by atoms with E-state index in [1.54, 1.807) is 18.2 Å². The Morgan fingerprint density at radius 1 is 0.947 bits per heavy atom. The molecule has 0 spiro atoms. The third-order valence-electron chi connectivity index (χ3n) is 3.16. The molecular weight excluding hydrogens is 256 g/mol. The van der Waals surface area contributed by atoms with Crippen LogP contribution >= 0.6 is 0 Å². The third kappa shape index (κ3) is 3.04. The van der Waals surface area contributed by atoms with E-state index < -0.39 is 9.84 Å². The smallest absolute Gasteiger partial charge is 0.175 e. The van der Waals surface area contributed by atoms with Crippen LogP contribution in [0.2, 0.25) is 0 Å². The maximum absolute atomic E-state index is 11.6. The van der Waals surface area contributed by atoms with Gasteiger partial charge in [0.15, 0.2) is 9.84 Å². The first kappa shape index (κ1) is 13.8. The Morgan fingerprint density at radius 3 is 2.26 bits per heavy atom. The summed E-state index contributed by atoms with van der Waals surface area (Å²) in [7, 11) is -3.17. The summed E-state index contributed by atoms with van der Waals surface area (Å²) in [6.45, 7) is 4.28. The minimum Gasteiger partial charge on any atom is -0.224 e. The van der Waals surface area contributed by atoms with Gasteiger partial charge in [-0.3, -0.25) is 0 Å². The van der Waals surface area contributed by atoms with Crippen LogP contribution in [0.1, 0.15) is 25.3 Å². The fourth-order valence-corrected chi connectivity index (χ4v) is 2.82. The van der Waals surface area contributed by atoms with Gasteiger partial charge in [0.1, 0.15) is 0 Å². The van der Waals surface area contributed by atoms with Crippen molar-refractivity contribution >= 4 is 9.84 Å². The lowest BCUT2D eigenvalue weighted by Crippen LogP contribution is -1.98. The van der Waals surface area contributed by atoms with Gasteiger partial charge in [0.25, 0.3) is 0 Å². The van der Waals surface area contributed by atoms with Crippen LogP contribution in [0.25, 0.3) is 11.1 Å². The van der Waals surface area contributed by atoms with Gasteiger partial charge < -0.3 is 0 Å². The van der Waals surface area contributed by atoms with Gasteiger partial charge in [-0.1, -0.05) is 50.2 Å². The standard InChI is InChI=1S/C16H18O2S/c1-12(2)15-9-4-5-10-16(15)13-7-6-8-14(11-13)19(3,17)18/h4-12H,1-3H3. The fourth-order valence-electron chi connectivity index (χ4n) is 2.16. The van der Waals surface area contributed by atoms with E-state index in [2.05, 4.69) is 19.9 Å². The number of hydrogen-bond acceptors (Lipinski definition) is 2. The highest BCUT2D eigenvalue weighted by molar-refractivity contribution is 7.90. The minimum absolute atomic E-state index is 0.364. The van der Waals surface area contributed by atoms with Crippen LogP contribution in [0.4, 0.5) is 0 Å². The Bertz CT molecular complexity index is 685. The molecule has 2 aromatic carbocycles. The molecule has 0 radical (unpaired) electrons. The molecule has 2 nitrogen and oxygen atoms in total. The highest BCUT2D eigenvalue weighted by atomic mass is 32.2. The van der Waals surface area contributed by atoms with Crippen LogP contribution in [0.15, 0.2) is 53.4 Å². The summed E-state index contributed by atoms with van der Waals surface area (Å²) in [5.74, 6) is 0.401. The average Bonchev–Trinajstić information content (AvgIpc) is 2.38. The second kappa shape index (κ2) is 5.17. The topological polar surface area (TPSA) is 34.1 Å². The molecule has 0 saturated carbocycles. The second-order valence-electron chi connectivity index (χ2n) is 5.04. The summed E-state index contributed by atoms with van der Waals surface area (Å²) in [5, 5.41) is 0. The molecule has 0 unspecified atom stereocenters. The molecule has 0 N–H and O–H groups in total. The van der Waals surface area contributed by atoms with E-state index in [4.69, 9.17) is 0 Å². The van der Waals surface area contributed by atoms with Gasteiger partial charge in [0.2, 0.25) is 0 Å². The van der Waals surface area contributed by atoms with E-state index >= 15 is 0 Å². The molecule has 0 aliphatic rings. The molecule has 3 heteroatoms. The SMILES string of the molecule is CC(C)c1ccccc1-c1cccc(S(C)(=O)=O)c1. The van der Waals surface area contributed by atoms with Gasteiger partial charge in [-0.2, -0.15) is 0 Å². The zero-order valence-electron chi connectivity index (χ0n) is 11.4. The maximum Gasteiger partial charge on any atom is 0.175 e. The van der Waals surface area contributed by atoms with E-state index in [1.807, 2.05) is 24.3 Å². The van der Waals surface area contributed by atoms with E-state index in [9.17, 15) is 8.42 Å². The van der Waals surface area contributed by atoms with Crippen molar-refractivity contribution in [2.24, 2.45) is 0 Å². The first-order valence-corrected chi connectivity index (χ1v) is 8.18. The molecule has 2 aromatic rings. The van der Waals surface area contributed by atoms with Crippen LogP contribution in [0.3, 0.4) is 0 Å². The van der Waals surface area contributed by atoms with Crippen molar-refractivity contribution in [3.63, 3.8) is 0 Å². The average molecular weight is 274 g/mol. The van der Waals surface area contributed by atoms with Gasteiger partial charge in [-0.05, 0) is 34.7 Å². The van der Waals surface area contributed by atoms with Gasteiger partial charge in [0, 0.05) is 6.26 Å². The molecule has 0 fully saturated rings. The fraction of sp³-hybridized carbons (Fsp3) is 0.250. The Labute approximate surface area is 115 Å². The largest absolute Gasteiger partial charge is 0.224 e. The maximum atomic E-state index is 11.6. The van der Waals surface area contributed by atoms with Gasteiger partial charge >= 0.3 is 0 Å². The molecule has 19 heavy (non-hydrogen) atoms. The van der Waals surface area contributed by atoms with Crippen molar-refractivity contribution in [1.82, 2.24) is 0 Å². The van der Waals surface area contributed by atoms with E-state index in [-0.39, 0.29) is 0 Å². The summed E-state index contributed by atoms with van der Waals surface area (Å²) in [5.41, 5.74) is 3.28. The first-order chi connectivity index (χ1) is 8.89. The Balaban J connectivity index is 2.60. The molecule has 0 saturated heterocycles. The molecule has 0 aliphatic heterocycles. The quantitative estimate of drug-likeness (QED) is 0.851. The van der Waals surface area contributed by atoms with E-state index in [1.165, 1.54) is 11.8 Å². The molecule has 0 bridgehead atoms. The number of hydrogen-bond donors (Lipinski definition) is 0. The van der Waals surface area contributed by atoms with Crippen molar-refractivity contribution in [3.8, 4) is 11.1 Å². The summed E-state index contributed by atoms with van der Waals surface area (Å²) in [6.07, 6.45) is 1.24. The van der Waals surface area contributed by atoms with E-state index in [0.29, 0.717) is 10.8 Å². The van der Waals surface area contributed by atoms with Gasteiger partial charge in [-0.15, -0.1) is 0 Å². The molecule has 0 atom stereocenters. The van der Waals surface area contributed by atoms with Crippen molar-refractivity contribution in [2.75, 3.05) is 6.26 Å². The van der Waals surface area contributed by atoms with Crippen LogP contribution < -0.4 is 0 Å². The molecule has 0 amide bonds. The number of rotatable bonds is 3. The van der Waals surface area contributed by atoms with Crippen molar-refractivity contribution in [2.45, 2.75) is 24.7 Å². The van der Waals surface area contributed by atoms with Crippen molar-refractivity contribution in [3.05, 3.63) is 54.1 Å². The Kier molecular flexibility index (Phi) is 3.76. The molecule has 0 aliphatic carbocycles. The highest BCUT2D eigenvalue weighted by Crippen LogP contribution is 2.30. The van der Waals surface area contributed by atoms with Crippen LogP contribution in [0.5, 0.6) is 0 Å².